The minimum atomic E-state index is -4.72. The van der Waals surface area contributed by atoms with Gasteiger partial charge in [0.05, 0.1) is 24.8 Å². The van der Waals surface area contributed by atoms with Crippen molar-refractivity contribution in [2.75, 3.05) is 26.3 Å². The summed E-state index contributed by atoms with van der Waals surface area (Å²) >= 11 is 5.88. The van der Waals surface area contributed by atoms with Gasteiger partial charge in [-0.15, -0.1) is 0 Å². The van der Waals surface area contributed by atoms with Gasteiger partial charge in [0.1, 0.15) is 5.92 Å². The highest BCUT2D eigenvalue weighted by Crippen LogP contribution is 2.41. The average Bonchev–Trinajstić information content (AvgIpc) is 3.23. The van der Waals surface area contributed by atoms with Crippen molar-refractivity contribution >= 4 is 41.2 Å². The highest BCUT2D eigenvalue weighted by molar-refractivity contribution is 6.33. The van der Waals surface area contributed by atoms with Crippen LogP contribution in [0.5, 0.6) is 0 Å². The van der Waals surface area contributed by atoms with Crippen molar-refractivity contribution in [3.05, 3.63) is 22.8 Å². The van der Waals surface area contributed by atoms with E-state index < -0.39 is 58.1 Å². The summed E-state index contributed by atoms with van der Waals surface area (Å²) in [6.07, 6.45) is -5.89. The summed E-state index contributed by atoms with van der Waals surface area (Å²) < 4.78 is 47.7. The Morgan fingerprint density at radius 2 is 1.84 bits per heavy atom. The standard InChI is InChI=1S/C16H14ClF3N4O7/c1-23(10-7(17)4-6(5-21-10)16(18,19)20)24-11(25)8-9(12(24)26)31-22-15(8,13(27)29-2)14(28)30-3/h4-5,8-9,22H,1-3H3/t8-,9+/m0/s1. The number of halogens is 4. The molecule has 0 bridgehead atoms. The maximum atomic E-state index is 13.1. The van der Waals surface area contributed by atoms with Crippen molar-refractivity contribution in [3.8, 4) is 0 Å². The number of carbonyl (C=O) groups is 4. The molecule has 1 aromatic heterocycles. The first kappa shape index (κ1) is 22.7. The zero-order valence-corrected chi connectivity index (χ0v) is 16.8. The minimum absolute atomic E-state index is 0.369. The number of hydrogen-bond acceptors (Lipinski definition) is 10. The Morgan fingerprint density at radius 1 is 1.26 bits per heavy atom. The third-order valence-corrected chi connectivity index (χ3v) is 5.09. The Labute approximate surface area is 176 Å². The number of pyridine rings is 1. The second-order valence-corrected chi connectivity index (χ2v) is 6.86. The number of aromatic nitrogens is 1. The number of anilines is 1. The van der Waals surface area contributed by atoms with E-state index in [1.807, 2.05) is 0 Å². The summed E-state index contributed by atoms with van der Waals surface area (Å²) in [6, 6.07) is 0.567. The van der Waals surface area contributed by atoms with E-state index in [2.05, 4.69) is 19.9 Å². The van der Waals surface area contributed by atoms with Gasteiger partial charge in [-0.1, -0.05) is 11.6 Å². The number of hydrogen-bond donors (Lipinski definition) is 1. The van der Waals surface area contributed by atoms with Crippen molar-refractivity contribution in [1.82, 2.24) is 15.5 Å². The molecule has 0 spiro atoms. The smallest absolute Gasteiger partial charge is 0.417 e. The SMILES string of the molecule is COC(=O)C1(C(=O)OC)NO[C@H]2C(=O)N(N(C)c3ncc(C(F)(F)F)cc3Cl)C(=O)[C@H]21. The lowest BCUT2D eigenvalue weighted by Crippen LogP contribution is -2.62. The second-order valence-electron chi connectivity index (χ2n) is 6.45. The molecule has 0 aromatic carbocycles. The van der Waals surface area contributed by atoms with Gasteiger partial charge in [-0.05, 0) is 6.07 Å². The van der Waals surface area contributed by atoms with Crippen LogP contribution in [0.15, 0.2) is 12.3 Å². The van der Waals surface area contributed by atoms with Gasteiger partial charge in [-0.25, -0.2) is 14.6 Å². The first-order valence-corrected chi connectivity index (χ1v) is 8.73. The number of fused-ring (bicyclic) bond motifs is 1. The van der Waals surface area contributed by atoms with Crippen molar-refractivity contribution in [2.24, 2.45) is 5.92 Å². The van der Waals surface area contributed by atoms with E-state index in [4.69, 9.17) is 16.4 Å². The predicted molar refractivity (Wildman–Crippen MR) is 92.8 cm³/mol. The predicted octanol–water partition coefficient (Wildman–Crippen LogP) is 0.0782. The Balaban J connectivity index is 2.01. The largest absolute Gasteiger partial charge is 0.467 e. The van der Waals surface area contributed by atoms with Crippen molar-refractivity contribution < 1.29 is 46.7 Å². The molecular weight excluding hydrogens is 453 g/mol. The fourth-order valence-corrected chi connectivity index (χ4v) is 3.63. The number of alkyl halides is 3. The van der Waals surface area contributed by atoms with E-state index in [0.29, 0.717) is 17.3 Å². The number of ether oxygens (including phenoxy) is 2. The van der Waals surface area contributed by atoms with Crippen LogP contribution in [0.2, 0.25) is 5.02 Å². The summed E-state index contributed by atoms with van der Waals surface area (Å²) in [7, 11) is 3.02. The van der Waals surface area contributed by atoms with Gasteiger partial charge in [0, 0.05) is 13.2 Å². The summed E-state index contributed by atoms with van der Waals surface area (Å²) in [5.74, 6) is -6.72. The fourth-order valence-electron chi connectivity index (χ4n) is 3.34. The number of hydrazine groups is 1. The summed E-state index contributed by atoms with van der Waals surface area (Å²) in [5, 5.41) is 0.730. The molecule has 15 heteroatoms. The van der Waals surface area contributed by atoms with E-state index >= 15 is 0 Å². The third kappa shape index (κ3) is 3.26. The van der Waals surface area contributed by atoms with E-state index in [9.17, 15) is 32.3 Å². The number of imide groups is 1. The van der Waals surface area contributed by atoms with Gasteiger partial charge < -0.3 is 9.47 Å². The molecule has 0 aliphatic carbocycles. The van der Waals surface area contributed by atoms with Crippen LogP contribution in [0, 0.1) is 5.92 Å². The maximum Gasteiger partial charge on any atom is 0.417 e. The van der Waals surface area contributed by atoms with E-state index in [1.165, 1.54) is 0 Å². The zero-order chi connectivity index (χ0) is 23.3. The zero-order valence-electron chi connectivity index (χ0n) is 16.0. The molecule has 3 rings (SSSR count). The molecule has 2 amide bonds. The Morgan fingerprint density at radius 3 is 2.32 bits per heavy atom. The van der Waals surface area contributed by atoms with Crippen molar-refractivity contribution in [2.45, 2.75) is 17.8 Å². The molecule has 168 valence electrons. The Bertz CT molecular complexity index is 957. The topological polar surface area (TPSA) is 127 Å². The number of nitrogens with one attached hydrogen (secondary N) is 1. The average molecular weight is 467 g/mol. The Kier molecular flexibility index (Phi) is 5.58. The molecule has 2 saturated heterocycles. The van der Waals surface area contributed by atoms with Crippen LogP contribution in [-0.2, 0) is 39.7 Å². The lowest BCUT2D eigenvalue weighted by atomic mass is 9.83. The van der Waals surface area contributed by atoms with Crippen LogP contribution in [0.4, 0.5) is 19.0 Å². The van der Waals surface area contributed by atoms with E-state index in [0.717, 1.165) is 26.3 Å². The molecule has 31 heavy (non-hydrogen) atoms. The molecule has 0 radical (unpaired) electrons. The Hall–Kier alpha value is -2.97. The number of nitrogens with zero attached hydrogens (tertiary/aromatic N) is 3. The molecule has 2 atom stereocenters. The summed E-state index contributed by atoms with van der Waals surface area (Å²) in [4.78, 5) is 59.2. The number of hydroxylamine groups is 1. The van der Waals surface area contributed by atoms with Gasteiger partial charge in [0.2, 0.25) is 0 Å². The molecule has 2 aliphatic rings. The summed E-state index contributed by atoms with van der Waals surface area (Å²) in [5.41, 5.74) is -1.56. The normalized spacial score (nSPS) is 22.4. The summed E-state index contributed by atoms with van der Waals surface area (Å²) in [6.45, 7) is 0. The second kappa shape index (κ2) is 7.62. The van der Waals surface area contributed by atoms with Crippen LogP contribution in [-0.4, -0.2) is 66.7 Å². The number of rotatable bonds is 4. The molecule has 0 saturated carbocycles. The molecule has 1 aromatic rings. The first-order valence-electron chi connectivity index (χ1n) is 8.35. The van der Waals surface area contributed by atoms with Crippen LogP contribution < -0.4 is 10.5 Å². The van der Waals surface area contributed by atoms with Crippen LogP contribution in [0.25, 0.3) is 0 Å². The minimum Gasteiger partial charge on any atom is -0.467 e. The molecule has 2 fully saturated rings. The van der Waals surface area contributed by atoms with Gasteiger partial charge in [-0.2, -0.15) is 23.7 Å². The van der Waals surface area contributed by atoms with Crippen LogP contribution in [0.1, 0.15) is 5.56 Å². The molecule has 3 heterocycles. The molecular formula is C16H14ClF3N4O7. The maximum absolute atomic E-state index is 13.1. The molecule has 11 nitrogen and oxygen atoms in total. The van der Waals surface area contributed by atoms with Crippen LogP contribution in [0.3, 0.4) is 0 Å². The monoisotopic (exact) mass is 466 g/mol. The fraction of sp³-hybridized carbons (Fsp3) is 0.438. The van der Waals surface area contributed by atoms with E-state index in [1.54, 1.807) is 0 Å². The number of esters is 2. The van der Waals surface area contributed by atoms with Crippen LogP contribution >= 0.6 is 11.6 Å². The van der Waals surface area contributed by atoms with Gasteiger partial charge in [0.15, 0.2) is 11.9 Å². The molecule has 1 N–H and O–H groups in total. The van der Waals surface area contributed by atoms with Crippen molar-refractivity contribution in [3.63, 3.8) is 0 Å². The highest BCUT2D eigenvalue weighted by Gasteiger charge is 2.72. The van der Waals surface area contributed by atoms with E-state index in [-0.39, 0.29) is 5.82 Å². The number of carbonyl (C=O) groups excluding carboxylic acids is 4. The molecule has 2 aliphatic heterocycles. The van der Waals surface area contributed by atoms with Gasteiger partial charge in [0.25, 0.3) is 17.4 Å². The highest BCUT2D eigenvalue weighted by atomic mass is 35.5. The third-order valence-electron chi connectivity index (χ3n) is 4.81. The number of methoxy groups -OCH3 is 2. The molecule has 0 unspecified atom stereocenters. The first-order chi connectivity index (χ1) is 14.4. The lowest BCUT2D eigenvalue weighted by Gasteiger charge is -2.31. The quantitative estimate of drug-likeness (QED) is 0.370. The van der Waals surface area contributed by atoms with Crippen molar-refractivity contribution in [1.29, 1.82) is 0 Å². The van der Waals surface area contributed by atoms with Gasteiger partial charge in [-0.3, -0.25) is 19.4 Å². The lowest BCUT2D eigenvalue weighted by molar-refractivity contribution is -0.171. The van der Waals surface area contributed by atoms with Gasteiger partial charge >= 0.3 is 18.1 Å². The number of amides is 2.